The van der Waals surface area contributed by atoms with Crippen LogP contribution in [-0.4, -0.2) is 47.8 Å². The van der Waals surface area contributed by atoms with Crippen molar-refractivity contribution in [2.75, 3.05) is 26.2 Å². The van der Waals surface area contributed by atoms with Gasteiger partial charge in [-0.3, -0.25) is 9.59 Å². The van der Waals surface area contributed by atoms with Crippen molar-refractivity contribution in [3.63, 3.8) is 0 Å². The lowest BCUT2D eigenvalue weighted by molar-refractivity contribution is 0.0721. The Morgan fingerprint density at radius 1 is 0.960 bits per heavy atom. The Morgan fingerprint density at radius 2 is 1.64 bits per heavy atom. The van der Waals surface area contributed by atoms with Crippen LogP contribution in [-0.2, 0) is 0 Å². The summed E-state index contributed by atoms with van der Waals surface area (Å²) in [7, 11) is 0. The fourth-order valence-electron chi connectivity index (χ4n) is 2.94. The van der Waals surface area contributed by atoms with Gasteiger partial charge in [-0.2, -0.15) is 0 Å². The van der Waals surface area contributed by atoms with Gasteiger partial charge < -0.3 is 9.80 Å². The van der Waals surface area contributed by atoms with E-state index in [9.17, 15) is 9.59 Å². The molecule has 1 aromatic carbocycles. The Balaban J connectivity index is 1.67. The molecule has 25 heavy (non-hydrogen) atoms. The SMILES string of the molecule is Cc1ccc(C(=O)N2CCCN(C(=O)c3ccc(C)c(Cl)c3)CC2)s1. The first-order valence-corrected chi connectivity index (χ1v) is 9.56. The van der Waals surface area contributed by atoms with E-state index in [1.165, 1.54) is 11.3 Å². The van der Waals surface area contributed by atoms with Crippen molar-refractivity contribution in [3.05, 3.63) is 56.2 Å². The molecule has 0 saturated carbocycles. The standard InChI is InChI=1S/C19H21ClN2O2S/c1-13-4-6-15(12-16(13)20)18(23)21-8-3-9-22(11-10-21)19(24)17-7-5-14(2)25-17/h4-7,12H,3,8-11H2,1-2H3. The molecule has 0 unspecified atom stereocenters. The number of hydrogen-bond acceptors (Lipinski definition) is 3. The van der Waals surface area contributed by atoms with Crippen molar-refractivity contribution < 1.29 is 9.59 Å². The zero-order valence-corrected chi connectivity index (χ0v) is 16.0. The predicted octanol–water partition coefficient (Wildman–Crippen LogP) is 4.01. The first-order valence-electron chi connectivity index (χ1n) is 8.37. The summed E-state index contributed by atoms with van der Waals surface area (Å²) in [5, 5.41) is 0.602. The van der Waals surface area contributed by atoms with Crippen molar-refractivity contribution in [2.24, 2.45) is 0 Å². The van der Waals surface area contributed by atoms with E-state index in [1.807, 2.05) is 47.9 Å². The highest BCUT2D eigenvalue weighted by molar-refractivity contribution is 7.13. The number of amides is 2. The van der Waals surface area contributed by atoms with Gasteiger partial charge in [0.15, 0.2) is 0 Å². The molecule has 2 amide bonds. The zero-order chi connectivity index (χ0) is 18.0. The highest BCUT2D eigenvalue weighted by atomic mass is 35.5. The monoisotopic (exact) mass is 376 g/mol. The van der Waals surface area contributed by atoms with Crippen molar-refractivity contribution >= 4 is 34.8 Å². The average molecular weight is 377 g/mol. The number of nitrogens with zero attached hydrogens (tertiary/aromatic N) is 2. The molecule has 2 aromatic rings. The highest BCUT2D eigenvalue weighted by Gasteiger charge is 2.24. The van der Waals surface area contributed by atoms with Crippen LogP contribution in [0.25, 0.3) is 0 Å². The van der Waals surface area contributed by atoms with E-state index >= 15 is 0 Å². The number of benzene rings is 1. The fraction of sp³-hybridized carbons (Fsp3) is 0.368. The molecule has 0 N–H and O–H groups in total. The number of rotatable bonds is 2. The molecule has 6 heteroatoms. The molecule has 0 radical (unpaired) electrons. The minimum atomic E-state index is -0.0248. The third kappa shape index (κ3) is 4.05. The van der Waals surface area contributed by atoms with Gasteiger partial charge in [-0.1, -0.05) is 17.7 Å². The van der Waals surface area contributed by atoms with E-state index in [0.717, 1.165) is 21.7 Å². The van der Waals surface area contributed by atoms with E-state index < -0.39 is 0 Å². The molecule has 1 aromatic heterocycles. The van der Waals surface area contributed by atoms with Crippen molar-refractivity contribution in [3.8, 4) is 0 Å². The van der Waals surface area contributed by atoms with Crippen LogP contribution in [0.1, 0.15) is 36.9 Å². The average Bonchev–Trinajstić information content (AvgIpc) is 2.89. The van der Waals surface area contributed by atoms with Crippen LogP contribution in [0.2, 0.25) is 5.02 Å². The normalized spacial score (nSPS) is 15.2. The maximum absolute atomic E-state index is 12.7. The van der Waals surface area contributed by atoms with E-state index in [0.29, 0.717) is 36.8 Å². The van der Waals surface area contributed by atoms with Gasteiger partial charge in [0.1, 0.15) is 0 Å². The summed E-state index contributed by atoms with van der Waals surface area (Å²) < 4.78 is 0. The van der Waals surface area contributed by atoms with Crippen molar-refractivity contribution in [2.45, 2.75) is 20.3 Å². The minimum absolute atomic E-state index is 0.0248. The topological polar surface area (TPSA) is 40.6 Å². The number of aryl methyl sites for hydroxylation is 2. The number of carbonyl (C=O) groups excluding carboxylic acids is 2. The third-order valence-corrected chi connectivity index (χ3v) is 5.84. The largest absolute Gasteiger partial charge is 0.337 e. The first-order chi connectivity index (χ1) is 12.0. The van der Waals surface area contributed by atoms with Crippen molar-refractivity contribution in [1.29, 1.82) is 0 Å². The summed E-state index contributed by atoms with van der Waals surface area (Å²) in [5.41, 5.74) is 1.56. The van der Waals surface area contributed by atoms with Gasteiger partial charge in [-0.25, -0.2) is 0 Å². The van der Waals surface area contributed by atoms with Crippen LogP contribution < -0.4 is 0 Å². The molecule has 1 fully saturated rings. The predicted molar refractivity (Wildman–Crippen MR) is 102 cm³/mol. The van der Waals surface area contributed by atoms with Gasteiger partial charge in [-0.15, -0.1) is 11.3 Å². The van der Waals surface area contributed by atoms with Gasteiger partial charge in [0.05, 0.1) is 4.88 Å². The molecule has 4 nitrogen and oxygen atoms in total. The second-order valence-electron chi connectivity index (χ2n) is 6.31. The maximum atomic E-state index is 12.7. The van der Waals surface area contributed by atoms with Gasteiger partial charge in [0.2, 0.25) is 0 Å². The van der Waals surface area contributed by atoms with E-state index in [1.54, 1.807) is 6.07 Å². The van der Waals surface area contributed by atoms with Crippen LogP contribution in [0.3, 0.4) is 0 Å². The molecular formula is C19H21ClN2O2S. The molecule has 0 bridgehead atoms. The summed E-state index contributed by atoms with van der Waals surface area (Å²) in [5.74, 6) is 0.0361. The Kier molecular flexibility index (Phi) is 5.45. The third-order valence-electron chi connectivity index (χ3n) is 4.44. The highest BCUT2D eigenvalue weighted by Crippen LogP contribution is 2.20. The molecular weight excluding hydrogens is 356 g/mol. The molecule has 3 rings (SSSR count). The number of carbonyl (C=O) groups is 2. The number of hydrogen-bond donors (Lipinski definition) is 0. The van der Waals surface area contributed by atoms with E-state index in [4.69, 9.17) is 11.6 Å². The van der Waals surface area contributed by atoms with Crippen LogP contribution in [0.15, 0.2) is 30.3 Å². The summed E-state index contributed by atoms with van der Waals surface area (Å²) in [6.45, 7) is 6.34. The molecule has 1 aliphatic heterocycles. The van der Waals surface area contributed by atoms with Crippen LogP contribution in [0, 0.1) is 13.8 Å². The summed E-state index contributed by atoms with van der Waals surface area (Å²) in [6.07, 6.45) is 0.779. The molecule has 132 valence electrons. The lowest BCUT2D eigenvalue weighted by atomic mass is 10.1. The van der Waals surface area contributed by atoms with Crippen LogP contribution in [0.5, 0.6) is 0 Å². The lowest BCUT2D eigenvalue weighted by Gasteiger charge is -2.22. The number of thiophene rings is 1. The van der Waals surface area contributed by atoms with Crippen LogP contribution >= 0.6 is 22.9 Å². The molecule has 1 saturated heterocycles. The lowest BCUT2D eigenvalue weighted by Crippen LogP contribution is -2.37. The summed E-state index contributed by atoms with van der Waals surface area (Å²) >= 11 is 7.66. The molecule has 0 spiro atoms. The summed E-state index contributed by atoms with van der Waals surface area (Å²) in [6, 6.07) is 9.24. The zero-order valence-electron chi connectivity index (χ0n) is 14.4. The minimum Gasteiger partial charge on any atom is -0.337 e. The molecule has 0 atom stereocenters. The van der Waals surface area contributed by atoms with Crippen LogP contribution in [0.4, 0.5) is 0 Å². The Hall–Kier alpha value is -1.85. The Labute approximate surface area is 157 Å². The Bertz CT molecular complexity index is 802. The van der Waals surface area contributed by atoms with Crippen molar-refractivity contribution in [1.82, 2.24) is 9.80 Å². The Morgan fingerprint density at radius 3 is 2.24 bits per heavy atom. The smallest absolute Gasteiger partial charge is 0.263 e. The summed E-state index contributed by atoms with van der Waals surface area (Å²) in [4.78, 5) is 30.9. The second-order valence-corrected chi connectivity index (χ2v) is 8.01. The van der Waals surface area contributed by atoms with Gasteiger partial charge >= 0.3 is 0 Å². The maximum Gasteiger partial charge on any atom is 0.263 e. The second kappa shape index (κ2) is 7.58. The fourth-order valence-corrected chi connectivity index (χ4v) is 3.95. The molecule has 0 aliphatic carbocycles. The quantitative estimate of drug-likeness (QED) is 0.794. The van der Waals surface area contributed by atoms with Gasteiger partial charge in [0.25, 0.3) is 11.8 Å². The number of halogens is 1. The molecule has 2 heterocycles. The molecule has 1 aliphatic rings. The first kappa shape index (κ1) is 18.0. The van der Waals surface area contributed by atoms with E-state index in [-0.39, 0.29) is 11.8 Å². The van der Waals surface area contributed by atoms with E-state index in [2.05, 4.69) is 0 Å². The van der Waals surface area contributed by atoms with Gasteiger partial charge in [-0.05, 0) is 50.1 Å². The van der Waals surface area contributed by atoms with Gasteiger partial charge in [0, 0.05) is 41.6 Å².